The minimum Gasteiger partial charge on any atom is -1.00 e. The molecular formula is C13H13ClN2O. The van der Waals surface area contributed by atoms with Crippen LogP contribution in [0, 0.1) is 0 Å². The number of carbonyl (C=O) groups excluding carboxylic acids is 1. The van der Waals surface area contributed by atoms with Gasteiger partial charge in [-0.1, -0.05) is 6.07 Å². The highest BCUT2D eigenvalue weighted by molar-refractivity contribution is 5.95. The Morgan fingerprint density at radius 1 is 1.06 bits per heavy atom. The number of anilines is 1. The van der Waals surface area contributed by atoms with Crippen LogP contribution in [0.15, 0.2) is 54.9 Å². The molecule has 2 aromatic rings. The van der Waals surface area contributed by atoms with Crippen molar-refractivity contribution in [3.05, 3.63) is 60.4 Å². The fraction of sp³-hybridized carbons (Fsp3) is 0.0769. The van der Waals surface area contributed by atoms with Crippen LogP contribution >= 0.6 is 0 Å². The van der Waals surface area contributed by atoms with E-state index in [1.54, 1.807) is 24.3 Å². The summed E-state index contributed by atoms with van der Waals surface area (Å²) in [6, 6.07) is 12.7. The van der Waals surface area contributed by atoms with Crippen LogP contribution in [0.2, 0.25) is 0 Å². The van der Waals surface area contributed by atoms with Crippen LogP contribution in [-0.4, -0.2) is 5.78 Å². The molecule has 0 fully saturated rings. The standard InChI is InChI=1S/C13H12N2O.ClH/c14-12-6-4-11(5-7-12)13(16)10-15-8-2-1-3-9-15;/h1-9H,10H2,(H-,14,16);1H. The van der Waals surface area contributed by atoms with Crippen molar-refractivity contribution in [2.24, 2.45) is 0 Å². The van der Waals surface area contributed by atoms with Crippen molar-refractivity contribution in [1.82, 2.24) is 0 Å². The molecule has 3 nitrogen and oxygen atoms in total. The van der Waals surface area contributed by atoms with Crippen molar-refractivity contribution in [3.63, 3.8) is 0 Å². The molecule has 4 heteroatoms. The maximum atomic E-state index is 11.9. The summed E-state index contributed by atoms with van der Waals surface area (Å²) in [6.07, 6.45) is 3.74. The van der Waals surface area contributed by atoms with Crippen molar-refractivity contribution in [2.75, 3.05) is 5.73 Å². The molecular weight excluding hydrogens is 236 g/mol. The van der Waals surface area contributed by atoms with Crippen LogP contribution in [0.4, 0.5) is 5.69 Å². The fourth-order valence-electron chi connectivity index (χ4n) is 1.47. The zero-order valence-corrected chi connectivity index (χ0v) is 9.97. The van der Waals surface area contributed by atoms with Gasteiger partial charge >= 0.3 is 0 Å². The Labute approximate surface area is 106 Å². The molecule has 0 amide bonds. The number of nitrogens with two attached hydrogens (primary N) is 1. The third kappa shape index (κ3) is 3.57. The third-order valence-electron chi connectivity index (χ3n) is 2.34. The minimum atomic E-state index is 0. The molecule has 88 valence electrons. The van der Waals surface area contributed by atoms with E-state index in [9.17, 15) is 4.79 Å². The summed E-state index contributed by atoms with van der Waals surface area (Å²) in [5, 5.41) is 0. The van der Waals surface area contributed by atoms with Crippen LogP contribution in [0.3, 0.4) is 0 Å². The summed E-state index contributed by atoms with van der Waals surface area (Å²) < 4.78 is 1.85. The van der Waals surface area contributed by atoms with Gasteiger partial charge in [0.25, 0.3) is 0 Å². The van der Waals surface area contributed by atoms with Gasteiger partial charge in [-0.3, -0.25) is 4.79 Å². The highest BCUT2D eigenvalue weighted by Crippen LogP contribution is 2.06. The Morgan fingerprint density at radius 2 is 1.65 bits per heavy atom. The average molecular weight is 249 g/mol. The smallest absolute Gasteiger partial charge is 0.227 e. The van der Waals surface area contributed by atoms with Gasteiger partial charge in [-0.05, 0) is 24.3 Å². The van der Waals surface area contributed by atoms with Crippen LogP contribution in [0.5, 0.6) is 0 Å². The lowest BCUT2D eigenvalue weighted by atomic mass is 10.1. The number of carbonyl (C=O) groups is 1. The fourth-order valence-corrected chi connectivity index (χ4v) is 1.47. The molecule has 0 radical (unpaired) electrons. The van der Waals surface area contributed by atoms with Crippen molar-refractivity contribution in [3.8, 4) is 0 Å². The summed E-state index contributed by atoms with van der Waals surface area (Å²) in [5.41, 5.74) is 6.92. The van der Waals surface area contributed by atoms with E-state index >= 15 is 0 Å². The summed E-state index contributed by atoms with van der Waals surface area (Å²) in [7, 11) is 0. The van der Waals surface area contributed by atoms with Gasteiger partial charge in [0.2, 0.25) is 12.3 Å². The largest absolute Gasteiger partial charge is 1.00 e. The SMILES string of the molecule is Nc1ccc(C(=O)C[n+]2ccccc2)cc1.[Cl-]. The molecule has 0 bridgehead atoms. The predicted molar refractivity (Wildman–Crippen MR) is 61.8 cm³/mol. The minimum absolute atomic E-state index is 0. The van der Waals surface area contributed by atoms with Crippen LogP contribution < -0.4 is 22.7 Å². The summed E-state index contributed by atoms with van der Waals surface area (Å²) in [5.74, 6) is 0.0798. The van der Waals surface area contributed by atoms with E-state index in [1.807, 2.05) is 35.2 Å². The maximum Gasteiger partial charge on any atom is 0.227 e. The zero-order chi connectivity index (χ0) is 11.4. The lowest BCUT2D eigenvalue weighted by Gasteiger charge is -1.98. The van der Waals surface area contributed by atoms with Crippen LogP contribution in [-0.2, 0) is 6.54 Å². The van der Waals surface area contributed by atoms with Crippen LogP contribution in [0.1, 0.15) is 10.4 Å². The van der Waals surface area contributed by atoms with Crippen molar-refractivity contribution in [2.45, 2.75) is 6.54 Å². The van der Waals surface area contributed by atoms with E-state index in [2.05, 4.69) is 0 Å². The van der Waals surface area contributed by atoms with Crippen molar-refractivity contribution in [1.29, 1.82) is 0 Å². The molecule has 1 heterocycles. The van der Waals surface area contributed by atoms with Crippen molar-refractivity contribution < 1.29 is 21.8 Å². The zero-order valence-electron chi connectivity index (χ0n) is 9.21. The molecule has 0 unspecified atom stereocenters. The Kier molecular flexibility index (Phi) is 4.67. The van der Waals surface area contributed by atoms with E-state index in [4.69, 9.17) is 5.73 Å². The molecule has 0 saturated carbocycles. The van der Waals surface area contributed by atoms with Crippen molar-refractivity contribution >= 4 is 11.5 Å². The van der Waals surface area contributed by atoms with Gasteiger partial charge in [0, 0.05) is 23.4 Å². The van der Waals surface area contributed by atoms with Gasteiger partial charge < -0.3 is 18.1 Å². The predicted octanol–water partition coefficient (Wildman–Crippen LogP) is -1.56. The number of aromatic nitrogens is 1. The lowest BCUT2D eigenvalue weighted by Crippen LogP contribution is -3.00. The lowest BCUT2D eigenvalue weighted by molar-refractivity contribution is -0.683. The molecule has 0 aliphatic heterocycles. The number of Topliss-reactive ketones (excluding diaryl/α,β-unsaturated/α-hetero) is 1. The van der Waals surface area contributed by atoms with Gasteiger partial charge in [0.15, 0.2) is 12.4 Å². The van der Waals surface area contributed by atoms with Crippen LogP contribution in [0.25, 0.3) is 0 Å². The van der Waals surface area contributed by atoms with Gasteiger partial charge in [-0.2, -0.15) is 4.57 Å². The first-order valence-electron chi connectivity index (χ1n) is 5.08. The Morgan fingerprint density at radius 3 is 2.24 bits per heavy atom. The normalized spacial score (nSPS) is 9.41. The second-order valence-electron chi connectivity index (χ2n) is 3.59. The van der Waals surface area contributed by atoms with Gasteiger partial charge in [-0.15, -0.1) is 0 Å². The highest BCUT2D eigenvalue weighted by atomic mass is 35.5. The molecule has 0 aliphatic rings. The number of nitrogens with zero attached hydrogens (tertiary/aromatic N) is 1. The maximum absolute atomic E-state index is 11.9. The molecule has 1 aromatic heterocycles. The number of halogens is 1. The summed E-state index contributed by atoms with van der Waals surface area (Å²) >= 11 is 0. The monoisotopic (exact) mass is 248 g/mol. The molecule has 0 saturated heterocycles. The second-order valence-corrected chi connectivity index (χ2v) is 3.59. The first-order chi connectivity index (χ1) is 7.75. The number of hydrogen-bond donors (Lipinski definition) is 1. The molecule has 1 aromatic carbocycles. The molecule has 2 rings (SSSR count). The Hall–Kier alpha value is -1.87. The molecule has 2 N–H and O–H groups in total. The van der Waals surface area contributed by atoms with Gasteiger partial charge in [-0.25, -0.2) is 0 Å². The van der Waals surface area contributed by atoms with E-state index in [0.717, 1.165) is 0 Å². The first kappa shape index (κ1) is 13.2. The summed E-state index contributed by atoms with van der Waals surface area (Å²) in [4.78, 5) is 11.9. The summed E-state index contributed by atoms with van der Waals surface area (Å²) in [6.45, 7) is 0.352. The number of ketones is 1. The number of benzene rings is 1. The average Bonchev–Trinajstić information content (AvgIpc) is 2.31. The van der Waals surface area contributed by atoms with E-state index < -0.39 is 0 Å². The van der Waals surface area contributed by atoms with Gasteiger partial charge in [0.1, 0.15) is 0 Å². The number of rotatable bonds is 3. The van der Waals surface area contributed by atoms with E-state index in [0.29, 0.717) is 17.8 Å². The quantitative estimate of drug-likeness (QED) is 0.406. The molecule has 17 heavy (non-hydrogen) atoms. The third-order valence-corrected chi connectivity index (χ3v) is 2.34. The molecule has 0 aliphatic carbocycles. The van der Waals surface area contributed by atoms with E-state index in [1.165, 1.54) is 0 Å². The highest BCUT2D eigenvalue weighted by Gasteiger charge is 2.10. The van der Waals surface area contributed by atoms with Gasteiger partial charge in [0.05, 0.1) is 0 Å². The Balaban J connectivity index is 0.00000144. The first-order valence-corrected chi connectivity index (χ1v) is 5.08. The second kappa shape index (κ2) is 6.01. The number of hydrogen-bond acceptors (Lipinski definition) is 2. The number of nitrogen functional groups attached to an aromatic ring is 1. The molecule has 0 spiro atoms. The Bertz CT molecular complexity index is 483. The van der Waals surface area contributed by atoms with E-state index in [-0.39, 0.29) is 18.2 Å². The topological polar surface area (TPSA) is 47.0 Å². The number of pyridine rings is 1. The molecule has 0 atom stereocenters.